The molecule has 1 aliphatic rings. The lowest BCUT2D eigenvalue weighted by molar-refractivity contribution is 0.0983. The van der Waals surface area contributed by atoms with Gasteiger partial charge in [-0.15, -0.1) is 0 Å². The number of nitrogens with one attached hydrogen (secondary N) is 1. The number of pyridine rings is 1. The molecule has 29 heavy (non-hydrogen) atoms. The van der Waals surface area contributed by atoms with Crippen molar-refractivity contribution >= 4 is 23.2 Å². The summed E-state index contributed by atoms with van der Waals surface area (Å²) in [7, 11) is 1.53. The molecule has 4 rings (SSSR count). The Kier molecular flexibility index (Phi) is 5.24. The molecule has 2 aromatic carbocycles. The van der Waals surface area contributed by atoms with E-state index in [2.05, 4.69) is 10.3 Å². The van der Waals surface area contributed by atoms with Gasteiger partial charge in [-0.3, -0.25) is 14.6 Å². The first-order valence-corrected chi connectivity index (χ1v) is 9.46. The topological polar surface area (TPSA) is 71.5 Å². The van der Waals surface area contributed by atoms with E-state index in [9.17, 15) is 9.59 Å². The van der Waals surface area contributed by atoms with Crippen molar-refractivity contribution in [3.63, 3.8) is 0 Å². The van der Waals surface area contributed by atoms with Gasteiger partial charge in [-0.1, -0.05) is 18.2 Å². The van der Waals surface area contributed by atoms with Crippen LogP contribution in [0.3, 0.4) is 0 Å². The third kappa shape index (κ3) is 3.82. The summed E-state index contributed by atoms with van der Waals surface area (Å²) >= 11 is 0. The first-order chi connectivity index (χ1) is 14.2. The van der Waals surface area contributed by atoms with E-state index in [1.54, 1.807) is 47.6 Å². The van der Waals surface area contributed by atoms with Crippen LogP contribution >= 0.6 is 0 Å². The van der Waals surface area contributed by atoms with Gasteiger partial charge < -0.3 is 15.0 Å². The lowest BCUT2D eigenvalue weighted by atomic mass is 10.00. The van der Waals surface area contributed by atoms with Crippen molar-refractivity contribution in [2.45, 2.75) is 12.8 Å². The Morgan fingerprint density at radius 3 is 2.76 bits per heavy atom. The average Bonchev–Trinajstić information content (AvgIpc) is 2.78. The van der Waals surface area contributed by atoms with Gasteiger partial charge in [0, 0.05) is 30.3 Å². The van der Waals surface area contributed by atoms with E-state index in [4.69, 9.17) is 4.74 Å². The maximum Gasteiger partial charge on any atom is 0.259 e. The third-order valence-electron chi connectivity index (χ3n) is 4.97. The molecule has 0 saturated carbocycles. The van der Waals surface area contributed by atoms with Crippen LogP contribution in [0.2, 0.25) is 0 Å². The Balaban J connectivity index is 1.62. The molecule has 0 fully saturated rings. The SMILES string of the molecule is COc1ccccc1C(=O)Nc1ccc2c(c1)N(C(=O)c1cccnc1)CCC2. The number of methoxy groups -OCH3 is 1. The van der Waals surface area contributed by atoms with Crippen LogP contribution in [0, 0.1) is 0 Å². The Labute approximate surface area is 169 Å². The summed E-state index contributed by atoms with van der Waals surface area (Å²) in [6, 6.07) is 16.3. The molecule has 0 atom stereocenters. The molecule has 0 radical (unpaired) electrons. The van der Waals surface area contributed by atoms with Crippen LogP contribution in [0.4, 0.5) is 11.4 Å². The normalized spacial score (nSPS) is 12.8. The monoisotopic (exact) mass is 387 g/mol. The molecule has 6 nitrogen and oxygen atoms in total. The molecule has 3 aromatic rings. The summed E-state index contributed by atoms with van der Waals surface area (Å²) in [5.41, 5.74) is 3.54. The molecule has 0 bridgehead atoms. The number of rotatable bonds is 4. The summed E-state index contributed by atoms with van der Waals surface area (Å²) < 4.78 is 5.27. The molecule has 0 unspecified atom stereocenters. The number of aromatic nitrogens is 1. The van der Waals surface area contributed by atoms with Gasteiger partial charge in [-0.25, -0.2) is 0 Å². The molecule has 0 spiro atoms. The number of nitrogens with zero attached hydrogens (tertiary/aromatic N) is 2. The molecule has 2 amide bonds. The minimum absolute atomic E-state index is 0.0905. The summed E-state index contributed by atoms with van der Waals surface area (Å²) in [5.74, 6) is 0.159. The molecule has 0 saturated heterocycles. The van der Waals surface area contributed by atoms with E-state index in [-0.39, 0.29) is 11.8 Å². The third-order valence-corrected chi connectivity index (χ3v) is 4.97. The lowest BCUT2D eigenvalue weighted by Gasteiger charge is -2.30. The number of hydrogen-bond donors (Lipinski definition) is 1. The van der Waals surface area contributed by atoms with Crippen molar-refractivity contribution in [2.24, 2.45) is 0 Å². The van der Waals surface area contributed by atoms with Gasteiger partial charge in [0.05, 0.1) is 18.2 Å². The number of benzene rings is 2. The van der Waals surface area contributed by atoms with Crippen molar-refractivity contribution in [1.82, 2.24) is 4.98 Å². The number of amides is 2. The molecule has 1 N–H and O–H groups in total. The standard InChI is InChI=1S/C23H21N3O3/c1-29-21-9-3-2-8-19(21)22(27)25-18-11-10-16-7-5-13-26(20(16)14-18)23(28)17-6-4-12-24-15-17/h2-4,6,8-12,14-15H,5,7,13H2,1H3,(H,25,27). The van der Waals surface area contributed by atoms with E-state index in [1.165, 1.54) is 7.11 Å². The number of aryl methyl sites for hydroxylation is 1. The first kappa shape index (κ1) is 18.7. The zero-order valence-electron chi connectivity index (χ0n) is 16.1. The minimum Gasteiger partial charge on any atom is -0.496 e. The Morgan fingerprint density at radius 2 is 1.97 bits per heavy atom. The van der Waals surface area contributed by atoms with Gasteiger partial charge in [0.25, 0.3) is 11.8 Å². The molecule has 6 heteroatoms. The highest BCUT2D eigenvalue weighted by Crippen LogP contribution is 2.31. The molecule has 146 valence electrons. The number of carbonyl (C=O) groups is 2. The second-order valence-electron chi connectivity index (χ2n) is 6.80. The number of hydrogen-bond acceptors (Lipinski definition) is 4. The summed E-state index contributed by atoms with van der Waals surface area (Å²) in [6.45, 7) is 0.630. The summed E-state index contributed by atoms with van der Waals surface area (Å²) in [4.78, 5) is 31.5. The quantitative estimate of drug-likeness (QED) is 0.736. The van der Waals surface area contributed by atoms with Gasteiger partial charge in [-0.2, -0.15) is 0 Å². The Bertz CT molecular complexity index is 1050. The maximum atomic E-state index is 13.0. The van der Waals surface area contributed by atoms with Gasteiger partial charge in [0.1, 0.15) is 5.75 Å². The molecular weight excluding hydrogens is 366 g/mol. The van der Waals surface area contributed by atoms with Gasteiger partial charge >= 0.3 is 0 Å². The van der Waals surface area contributed by atoms with Crippen LogP contribution in [-0.4, -0.2) is 30.5 Å². The smallest absolute Gasteiger partial charge is 0.259 e. The fourth-order valence-electron chi connectivity index (χ4n) is 3.54. The van der Waals surface area contributed by atoms with Crippen molar-refractivity contribution in [2.75, 3.05) is 23.9 Å². The number of anilines is 2. The Morgan fingerprint density at radius 1 is 1.10 bits per heavy atom. The largest absolute Gasteiger partial charge is 0.496 e. The second kappa shape index (κ2) is 8.14. The predicted molar refractivity (Wildman–Crippen MR) is 112 cm³/mol. The van der Waals surface area contributed by atoms with E-state index in [0.717, 1.165) is 24.1 Å². The van der Waals surface area contributed by atoms with Crippen LogP contribution in [0.5, 0.6) is 5.75 Å². The highest BCUT2D eigenvalue weighted by Gasteiger charge is 2.24. The summed E-state index contributed by atoms with van der Waals surface area (Å²) in [6.07, 6.45) is 5.01. The first-order valence-electron chi connectivity index (χ1n) is 9.46. The average molecular weight is 387 g/mol. The predicted octanol–water partition coefficient (Wildman–Crippen LogP) is 3.94. The van der Waals surface area contributed by atoms with Gasteiger partial charge in [0.2, 0.25) is 0 Å². The van der Waals surface area contributed by atoms with Crippen molar-refractivity contribution in [1.29, 1.82) is 0 Å². The van der Waals surface area contributed by atoms with Crippen molar-refractivity contribution in [3.8, 4) is 5.75 Å². The van der Waals surface area contributed by atoms with Crippen LogP contribution < -0.4 is 15.0 Å². The van der Waals surface area contributed by atoms with Crippen molar-refractivity contribution in [3.05, 3.63) is 83.7 Å². The zero-order valence-corrected chi connectivity index (χ0v) is 16.1. The highest BCUT2D eigenvalue weighted by molar-refractivity contribution is 6.08. The van der Waals surface area contributed by atoms with E-state index in [1.807, 2.05) is 24.3 Å². The summed E-state index contributed by atoms with van der Waals surface area (Å²) in [5, 5.41) is 2.91. The van der Waals surface area contributed by atoms with Crippen LogP contribution in [0.15, 0.2) is 67.0 Å². The van der Waals surface area contributed by atoms with E-state index in [0.29, 0.717) is 29.1 Å². The maximum absolute atomic E-state index is 13.0. The molecule has 0 aliphatic carbocycles. The van der Waals surface area contributed by atoms with E-state index >= 15 is 0 Å². The molecule has 1 aliphatic heterocycles. The van der Waals surface area contributed by atoms with Gasteiger partial charge in [-0.05, 0) is 54.8 Å². The van der Waals surface area contributed by atoms with E-state index < -0.39 is 0 Å². The Hall–Kier alpha value is -3.67. The lowest BCUT2D eigenvalue weighted by Crippen LogP contribution is -2.35. The number of carbonyl (C=O) groups excluding carboxylic acids is 2. The zero-order chi connectivity index (χ0) is 20.2. The van der Waals surface area contributed by atoms with Crippen LogP contribution in [0.1, 0.15) is 32.7 Å². The fraction of sp³-hybridized carbons (Fsp3) is 0.174. The van der Waals surface area contributed by atoms with Gasteiger partial charge in [0.15, 0.2) is 0 Å². The van der Waals surface area contributed by atoms with Crippen molar-refractivity contribution < 1.29 is 14.3 Å². The fourth-order valence-corrected chi connectivity index (χ4v) is 3.54. The van der Waals surface area contributed by atoms with Crippen LogP contribution in [-0.2, 0) is 6.42 Å². The number of fused-ring (bicyclic) bond motifs is 1. The molecule has 1 aromatic heterocycles. The number of ether oxygens (including phenoxy) is 1. The highest BCUT2D eigenvalue weighted by atomic mass is 16.5. The molecule has 2 heterocycles. The van der Waals surface area contributed by atoms with Crippen LogP contribution in [0.25, 0.3) is 0 Å². The second-order valence-corrected chi connectivity index (χ2v) is 6.80. The number of para-hydroxylation sites is 1. The minimum atomic E-state index is -0.261. The molecular formula is C23H21N3O3.